The molecule has 23 heavy (non-hydrogen) atoms. The fourth-order valence-electron chi connectivity index (χ4n) is 2.35. The van der Waals surface area contributed by atoms with Gasteiger partial charge in [-0.05, 0) is 11.1 Å². The minimum Gasteiger partial charge on any atom is -0.351 e. The monoisotopic (exact) mass is 311 g/mol. The first-order valence-electron chi connectivity index (χ1n) is 7.39. The third-order valence-electron chi connectivity index (χ3n) is 3.61. The third-order valence-corrected chi connectivity index (χ3v) is 3.61. The Labute approximate surface area is 135 Å². The third kappa shape index (κ3) is 4.17. The Morgan fingerprint density at radius 3 is 2.26 bits per heavy atom. The van der Waals surface area contributed by atoms with Gasteiger partial charge in [-0.2, -0.15) is 0 Å². The number of amides is 2. The molecule has 0 saturated carbocycles. The predicted molar refractivity (Wildman–Crippen MR) is 90.7 cm³/mol. The molecule has 2 aromatic carbocycles. The van der Waals surface area contributed by atoms with Crippen LogP contribution in [-0.4, -0.2) is 18.4 Å². The molecule has 0 saturated heterocycles. The lowest BCUT2D eigenvalue weighted by atomic mass is 9.81. The first kappa shape index (κ1) is 16.7. The van der Waals surface area contributed by atoms with E-state index in [1.165, 1.54) is 0 Å². The lowest BCUT2D eigenvalue weighted by Crippen LogP contribution is -2.47. The molecule has 0 radical (unpaired) electrons. The second-order valence-electron chi connectivity index (χ2n) is 5.97. The number of nitrogens with two attached hydrogens (primary N) is 1. The van der Waals surface area contributed by atoms with Gasteiger partial charge in [0.05, 0.1) is 0 Å². The number of primary amides is 1. The molecular formula is C18H21N3O2. The van der Waals surface area contributed by atoms with Crippen molar-refractivity contribution in [2.24, 2.45) is 11.1 Å². The van der Waals surface area contributed by atoms with E-state index >= 15 is 0 Å². The van der Waals surface area contributed by atoms with Gasteiger partial charge in [0.1, 0.15) is 0 Å². The van der Waals surface area contributed by atoms with Crippen molar-refractivity contribution in [2.75, 3.05) is 6.54 Å². The predicted octanol–water partition coefficient (Wildman–Crippen LogP) is 2.74. The smallest absolute Gasteiger partial charge is 0.326 e. The van der Waals surface area contributed by atoms with Gasteiger partial charge in [0.15, 0.2) is 5.78 Å². The van der Waals surface area contributed by atoms with Crippen molar-refractivity contribution in [1.82, 2.24) is 10.9 Å². The van der Waals surface area contributed by atoms with Crippen LogP contribution in [0.3, 0.4) is 0 Å². The zero-order chi connectivity index (χ0) is 16.9. The van der Waals surface area contributed by atoms with E-state index in [2.05, 4.69) is 10.9 Å². The van der Waals surface area contributed by atoms with E-state index in [1.54, 1.807) is 0 Å². The Kier molecular flexibility index (Phi) is 5.13. The molecule has 2 aromatic rings. The maximum atomic E-state index is 13.0. The Morgan fingerprint density at radius 1 is 1.00 bits per heavy atom. The molecule has 0 bridgehead atoms. The van der Waals surface area contributed by atoms with Gasteiger partial charge in [-0.25, -0.2) is 10.2 Å². The largest absolute Gasteiger partial charge is 0.351 e. The standard InChI is InChI=1S/C18H21N3O2/c1-18(2,12-20-21-17(19)23)16(22)15-11-7-6-10-14(15)13-8-4-3-5-9-13/h3-11,20H,12H2,1-2H3,(H3,19,21,23). The Hall–Kier alpha value is -2.66. The van der Waals surface area contributed by atoms with Crippen LogP contribution in [-0.2, 0) is 0 Å². The van der Waals surface area contributed by atoms with Crippen molar-refractivity contribution in [3.8, 4) is 11.1 Å². The van der Waals surface area contributed by atoms with Crippen molar-refractivity contribution in [2.45, 2.75) is 13.8 Å². The van der Waals surface area contributed by atoms with Crippen molar-refractivity contribution >= 4 is 11.8 Å². The van der Waals surface area contributed by atoms with Crippen LogP contribution in [0.2, 0.25) is 0 Å². The van der Waals surface area contributed by atoms with Crippen molar-refractivity contribution in [3.63, 3.8) is 0 Å². The summed E-state index contributed by atoms with van der Waals surface area (Å²) in [6.45, 7) is 3.93. The van der Waals surface area contributed by atoms with Crippen LogP contribution in [0.15, 0.2) is 54.6 Å². The molecule has 2 rings (SSSR count). The molecule has 4 N–H and O–H groups in total. The molecule has 120 valence electrons. The number of urea groups is 1. The molecule has 0 fully saturated rings. The topological polar surface area (TPSA) is 84.2 Å². The molecule has 0 unspecified atom stereocenters. The van der Waals surface area contributed by atoms with Crippen LogP contribution < -0.4 is 16.6 Å². The van der Waals surface area contributed by atoms with Gasteiger partial charge in [-0.3, -0.25) is 10.2 Å². The molecule has 0 heterocycles. The Balaban J connectivity index is 2.27. The van der Waals surface area contributed by atoms with E-state index in [0.29, 0.717) is 5.56 Å². The average Bonchev–Trinajstić information content (AvgIpc) is 2.54. The summed E-state index contributed by atoms with van der Waals surface area (Å²) in [5, 5.41) is 0. The second kappa shape index (κ2) is 7.07. The molecule has 0 spiro atoms. The minimum atomic E-state index is -0.701. The Bertz CT molecular complexity index is 696. The summed E-state index contributed by atoms with van der Waals surface area (Å²) in [7, 11) is 0. The van der Waals surface area contributed by atoms with Gasteiger partial charge < -0.3 is 5.73 Å². The number of hydrazine groups is 1. The number of Topliss-reactive ketones (excluding diaryl/α,β-unsaturated/α-hetero) is 1. The van der Waals surface area contributed by atoms with Crippen LogP contribution >= 0.6 is 0 Å². The second-order valence-corrected chi connectivity index (χ2v) is 5.97. The fraction of sp³-hybridized carbons (Fsp3) is 0.222. The van der Waals surface area contributed by atoms with Gasteiger partial charge in [-0.1, -0.05) is 68.4 Å². The van der Waals surface area contributed by atoms with Crippen molar-refractivity contribution < 1.29 is 9.59 Å². The average molecular weight is 311 g/mol. The number of carbonyl (C=O) groups is 2. The van der Waals surface area contributed by atoms with Gasteiger partial charge in [-0.15, -0.1) is 0 Å². The maximum Gasteiger partial charge on any atom is 0.326 e. The quantitative estimate of drug-likeness (QED) is 0.566. The van der Waals surface area contributed by atoms with E-state index in [-0.39, 0.29) is 12.3 Å². The lowest BCUT2D eigenvalue weighted by molar-refractivity contribution is 0.0833. The number of rotatable bonds is 6. The highest BCUT2D eigenvalue weighted by Crippen LogP contribution is 2.29. The summed E-state index contributed by atoms with van der Waals surface area (Å²) >= 11 is 0. The van der Waals surface area contributed by atoms with Gasteiger partial charge in [0, 0.05) is 17.5 Å². The zero-order valence-electron chi connectivity index (χ0n) is 13.3. The van der Waals surface area contributed by atoms with Crippen LogP contribution in [0.5, 0.6) is 0 Å². The fourth-order valence-corrected chi connectivity index (χ4v) is 2.35. The van der Waals surface area contributed by atoms with E-state index in [4.69, 9.17) is 5.73 Å². The van der Waals surface area contributed by atoms with Crippen molar-refractivity contribution in [1.29, 1.82) is 0 Å². The summed E-state index contributed by atoms with van der Waals surface area (Å²) in [5.74, 6) is -0.00396. The highest BCUT2D eigenvalue weighted by Gasteiger charge is 2.30. The summed E-state index contributed by atoms with van der Waals surface area (Å²) in [6.07, 6.45) is 0. The number of carbonyl (C=O) groups excluding carboxylic acids is 2. The molecule has 5 nitrogen and oxygen atoms in total. The molecule has 0 aromatic heterocycles. The highest BCUT2D eigenvalue weighted by atomic mass is 16.2. The first-order valence-corrected chi connectivity index (χ1v) is 7.39. The number of hydrogen-bond donors (Lipinski definition) is 3. The van der Waals surface area contributed by atoms with E-state index < -0.39 is 11.4 Å². The summed E-state index contributed by atoms with van der Waals surface area (Å²) in [5.41, 5.74) is 11.8. The summed E-state index contributed by atoms with van der Waals surface area (Å²) in [6, 6.07) is 16.6. The molecule has 5 heteroatoms. The maximum absolute atomic E-state index is 13.0. The van der Waals surface area contributed by atoms with Gasteiger partial charge >= 0.3 is 6.03 Å². The number of ketones is 1. The summed E-state index contributed by atoms with van der Waals surface area (Å²) in [4.78, 5) is 23.7. The number of nitrogens with one attached hydrogen (secondary N) is 2. The van der Waals surface area contributed by atoms with Crippen LogP contribution in [0.4, 0.5) is 4.79 Å². The minimum absolute atomic E-state index is 0.00396. The molecule has 0 aliphatic rings. The molecule has 0 aliphatic carbocycles. The number of benzene rings is 2. The van der Waals surface area contributed by atoms with Crippen LogP contribution in [0.1, 0.15) is 24.2 Å². The zero-order valence-corrected chi connectivity index (χ0v) is 13.3. The summed E-state index contributed by atoms with van der Waals surface area (Å²) < 4.78 is 0. The van der Waals surface area contributed by atoms with Crippen LogP contribution in [0.25, 0.3) is 11.1 Å². The normalized spacial score (nSPS) is 11.0. The van der Waals surface area contributed by atoms with Crippen molar-refractivity contribution in [3.05, 3.63) is 60.2 Å². The molecule has 0 aliphatic heterocycles. The van der Waals surface area contributed by atoms with Crippen LogP contribution in [0, 0.1) is 5.41 Å². The first-order chi connectivity index (χ1) is 10.9. The SMILES string of the molecule is CC(C)(CNNC(N)=O)C(=O)c1ccccc1-c1ccccc1. The molecule has 0 atom stereocenters. The lowest BCUT2D eigenvalue weighted by Gasteiger charge is -2.24. The molecular weight excluding hydrogens is 290 g/mol. The Morgan fingerprint density at radius 2 is 1.61 bits per heavy atom. The molecule has 2 amide bonds. The number of hydrogen-bond acceptors (Lipinski definition) is 3. The van der Waals surface area contributed by atoms with E-state index in [9.17, 15) is 9.59 Å². The van der Waals surface area contributed by atoms with Gasteiger partial charge in [0.25, 0.3) is 0 Å². The highest BCUT2D eigenvalue weighted by molar-refractivity contribution is 6.05. The van der Waals surface area contributed by atoms with E-state index in [1.807, 2.05) is 68.4 Å². The van der Waals surface area contributed by atoms with Gasteiger partial charge in [0.2, 0.25) is 0 Å². The van der Waals surface area contributed by atoms with E-state index in [0.717, 1.165) is 11.1 Å².